The highest BCUT2D eigenvalue weighted by molar-refractivity contribution is 5.95. The average Bonchev–Trinajstić information content (AvgIpc) is 2.92. The van der Waals surface area contributed by atoms with E-state index in [9.17, 15) is 9.90 Å². The number of phenols is 1. The summed E-state index contributed by atoms with van der Waals surface area (Å²) in [4.78, 5) is 31.2. The third-order valence-electron chi connectivity index (χ3n) is 7.68. The van der Waals surface area contributed by atoms with Gasteiger partial charge in [-0.3, -0.25) is 4.79 Å². The molecule has 2 aliphatic heterocycles. The molecule has 1 fully saturated rings. The first-order chi connectivity index (χ1) is 18.7. The van der Waals surface area contributed by atoms with Gasteiger partial charge in [0.25, 0.3) is 0 Å². The molecule has 2 atom stereocenters. The van der Waals surface area contributed by atoms with E-state index in [4.69, 9.17) is 9.97 Å². The third-order valence-corrected chi connectivity index (χ3v) is 7.68. The zero-order valence-electron chi connectivity index (χ0n) is 23.3. The number of anilines is 2. The van der Waals surface area contributed by atoms with Gasteiger partial charge >= 0.3 is 0 Å². The molecule has 1 amide bonds. The van der Waals surface area contributed by atoms with E-state index in [-0.39, 0.29) is 23.7 Å². The van der Waals surface area contributed by atoms with Crippen LogP contribution in [0.3, 0.4) is 0 Å². The minimum atomic E-state index is -0.0278. The highest BCUT2D eigenvalue weighted by Crippen LogP contribution is 2.36. The van der Waals surface area contributed by atoms with Gasteiger partial charge in [-0.2, -0.15) is 0 Å². The van der Waals surface area contributed by atoms with Crippen LogP contribution in [-0.2, 0) is 17.8 Å². The molecule has 0 bridgehead atoms. The molecule has 1 saturated heterocycles. The van der Waals surface area contributed by atoms with Crippen LogP contribution in [0.4, 0.5) is 11.5 Å². The lowest BCUT2D eigenvalue weighted by Gasteiger charge is -2.45. The van der Waals surface area contributed by atoms with E-state index in [0.29, 0.717) is 25.5 Å². The summed E-state index contributed by atoms with van der Waals surface area (Å²) in [5.41, 5.74) is 3.19. The van der Waals surface area contributed by atoms with E-state index in [1.807, 2.05) is 55.4 Å². The number of phenolic OH excluding ortho intramolecular Hbond substituents is 1. The van der Waals surface area contributed by atoms with Gasteiger partial charge in [-0.25, -0.2) is 9.97 Å². The number of rotatable bonds is 6. The number of carbonyl (C=O) groups is 1. The molecule has 1 N–H and O–H groups in total. The van der Waals surface area contributed by atoms with Crippen molar-refractivity contribution in [2.24, 2.45) is 0 Å². The van der Waals surface area contributed by atoms with Gasteiger partial charge in [0.2, 0.25) is 5.91 Å². The first-order valence-electron chi connectivity index (χ1n) is 13.6. The van der Waals surface area contributed by atoms with Crippen molar-refractivity contribution in [3.63, 3.8) is 0 Å². The number of aromatic nitrogens is 2. The fourth-order valence-corrected chi connectivity index (χ4v) is 5.70. The summed E-state index contributed by atoms with van der Waals surface area (Å²) < 4.78 is 0. The number of piperazine rings is 1. The van der Waals surface area contributed by atoms with Crippen LogP contribution in [0.15, 0.2) is 55.1 Å². The molecule has 1 aromatic heterocycles. The Morgan fingerprint density at radius 1 is 1.15 bits per heavy atom. The SMILES string of the molecule is C=CC(=O)N1C[C@H](C)N(c2nc(/C=C/CN(C)C)nc3c2CCN(c2cc(O)cc4ccccc24)C3)C[C@H]1C. The predicted molar refractivity (Wildman–Crippen MR) is 158 cm³/mol. The van der Waals surface area contributed by atoms with Crippen LogP contribution in [0.5, 0.6) is 5.75 Å². The number of hydrogen-bond donors (Lipinski definition) is 1. The molecule has 2 aliphatic rings. The smallest absolute Gasteiger partial charge is 0.246 e. The van der Waals surface area contributed by atoms with Crippen LogP contribution in [-0.4, -0.2) is 83.1 Å². The number of aromatic hydroxyl groups is 1. The van der Waals surface area contributed by atoms with Crippen LogP contribution in [0.2, 0.25) is 0 Å². The second-order valence-corrected chi connectivity index (χ2v) is 10.9. The first kappa shape index (κ1) is 26.7. The molecule has 8 heteroatoms. The van der Waals surface area contributed by atoms with Gasteiger partial charge in [0.1, 0.15) is 11.6 Å². The topological polar surface area (TPSA) is 76.0 Å². The molecule has 0 saturated carbocycles. The second-order valence-electron chi connectivity index (χ2n) is 10.9. The van der Waals surface area contributed by atoms with Crippen LogP contribution in [0.1, 0.15) is 30.9 Å². The van der Waals surface area contributed by atoms with Gasteiger partial charge in [0, 0.05) is 61.0 Å². The predicted octanol–water partition coefficient (Wildman–Crippen LogP) is 4.08. The Kier molecular flexibility index (Phi) is 7.57. The fourth-order valence-electron chi connectivity index (χ4n) is 5.70. The molecular weight excluding hydrogens is 488 g/mol. The molecule has 39 heavy (non-hydrogen) atoms. The van der Waals surface area contributed by atoms with E-state index in [1.165, 1.54) is 11.6 Å². The number of benzene rings is 2. The Morgan fingerprint density at radius 3 is 2.72 bits per heavy atom. The summed E-state index contributed by atoms with van der Waals surface area (Å²) in [6, 6.07) is 12.0. The molecule has 2 aromatic carbocycles. The monoisotopic (exact) mass is 526 g/mol. The number of hydrogen-bond acceptors (Lipinski definition) is 7. The minimum Gasteiger partial charge on any atom is -0.508 e. The van der Waals surface area contributed by atoms with Crippen LogP contribution < -0.4 is 9.80 Å². The largest absolute Gasteiger partial charge is 0.508 e. The normalized spacial score (nSPS) is 19.7. The number of amides is 1. The summed E-state index contributed by atoms with van der Waals surface area (Å²) in [7, 11) is 4.07. The fraction of sp³-hybridized carbons (Fsp3) is 0.387. The van der Waals surface area contributed by atoms with Crippen LogP contribution in [0, 0.1) is 0 Å². The van der Waals surface area contributed by atoms with Crippen LogP contribution >= 0.6 is 0 Å². The summed E-state index contributed by atoms with van der Waals surface area (Å²) >= 11 is 0. The molecule has 3 aromatic rings. The first-order valence-corrected chi connectivity index (χ1v) is 13.6. The Balaban J connectivity index is 1.53. The van der Waals surface area contributed by atoms with E-state index in [2.05, 4.69) is 47.3 Å². The van der Waals surface area contributed by atoms with E-state index >= 15 is 0 Å². The number of likely N-dealkylation sites (N-methyl/N-ethyl adjacent to an activating group) is 1. The maximum Gasteiger partial charge on any atom is 0.246 e. The van der Waals surface area contributed by atoms with Gasteiger partial charge in [0.05, 0.1) is 12.2 Å². The van der Waals surface area contributed by atoms with Gasteiger partial charge < -0.3 is 24.7 Å². The molecule has 0 aliphatic carbocycles. The summed E-state index contributed by atoms with van der Waals surface area (Å²) in [6.07, 6.45) is 6.28. The number of fused-ring (bicyclic) bond motifs is 2. The van der Waals surface area contributed by atoms with E-state index in [1.54, 1.807) is 0 Å². The Hall–Kier alpha value is -3.91. The lowest BCUT2D eigenvalue weighted by molar-refractivity contribution is -0.128. The molecule has 204 valence electrons. The van der Waals surface area contributed by atoms with Gasteiger partial charge in [-0.15, -0.1) is 0 Å². The summed E-state index contributed by atoms with van der Waals surface area (Å²) in [5, 5.41) is 12.6. The zero-order chi connectivity index (χ0) is 27.7. The summed E-state index contributed by atoms with van der Waals surface area (Å²) in [6.45, 7) is 11.5. The maximum atomic E-state index is 12.4. The molecule has 0 unspecified atom stereocenters. The highest BCUT2D eigenvalue weighted by atomic mass is 16.3. The molecule has 0 radical (unpaired) electrons. The van der Waals surface area contributed by atoms with Gasteiger partial charge in [-0.05, 0) is 58.0 Å². The standard InChI is InChI=1S/C31H38N6O2/c1-6-30(39)36-18-22(3)37(19-21(36)2)31-26-13-15-35(20-27(26)32-29(33-31)12-9-14-34(4)5)28-17-24(38)16-23-10-7-8-11-25(23)28/h6-12,16-17,21-22,38H,1,13-15,18-20H2,2-5H3/b12-9+/t21-,22+/m1/s1. The quantitative estimate of drug-likeness (QED) is 0.485. The van der Waals surface area contributed by atoms with Crippen molar-refractivity contribution in [2.75, 3.05) is 50.1 Å². The Morgan fingerprint density at radius 2 is 1.95 bits per heavy atom. The zero-order valence-corrected chi connectivity index (χ0v) is 23.3. The lowest BCUT2D eigenvalue weighted by atomic mass is 10.00. The third kappa shape index (κ3) is 5.47. The van der Waals surface area contributed by atoms with Crippen molar-refractivity contribution in [3.05, 3.63) is 72.2 Å². The molecule has 5 rings (SSSR count). The Labute approximate surface area is 230 Å². The lowest BCUT2D eigenvalue weighted by Crippen LogP contribution is -2.58. The molecular formula is C31H38N6O2. The molecule has 3 heterocycles. The highest BCUT2D eigenvalue weighted by Gasteiger charge is 2.34. The number of nitrogens with zero attached hydrogens (tertiary/aromatic N) is 6. The van der Waals surface area contributed by atoms with Crippen LogP contribution in [0.25, 0.3) is 16.8 Å². The van der Waals surface area contributed by atoms with Gasteiger partial charge in [0.15, 0.2) is 5.82 Å². The van der Waals surface area contributed by atoms with Crippen molar-refractivity contribution in [1.29, 1.82) is 0 Å². The number of carbonyl (C=O) groups excluding carboxylic acids is 1. The van der Waals surface area contributed by atoms with Crippen molar-refractivity contribution >= 4 is 34.3 Å². The van der Waals surface area contributed by atoms with Crippen molar-refractivity contribution in [3.8, 4) is 5.75 Å². The second kappa shape index (κ2) is 11.1. The van der Waals surface area contributed by atoms with Crippen molar-refractivity contribution in [1.82, 2.24) is 19.8 Å². The Bertz CT molecular complexity index is 1420. The van der Waals surface area contributed by atoms with Crippen molar-refractivity contribution in [2.45, 2.75) is 38.9 Å². The maximum absolute atomic E-state index is 12.4. The average molecular weight is 527 g/mol. The summed E-state index contributed by atoms with van der Waals surface area (Å²) in [5.74, 6) is 1.90. The minimum absolute atomic E-state index is 0.0278. The van der Waals surface area contributed by atoms with E-state index in [0.717, 1.165) is 47.5 Å². The van der Waals surface area contributed by atoms with Gasteiger partial charge in [-0.1, -0.05) is 36.9 Å². The molecule has 8 nitrogen and oxygen atoms in total. The van der Waals surface area contributed by atoms with E-state index < -0.39 is 0 Å². The van der Waals surface area contributed by atoms with Crippen molar-refractivity contribution < 1.29 is 9.90 Å². The molecule has 0 spiro atoms.